The Morgan fingerprint density at radius 2 is 1.96 bits per heavy atom. The Kier molecular flexibility index (Phi) is 4.91. The van der Waals surface area contributed by atoms with Gasteiger partial charge in [-0.1, -0.05) is 6.07 Å². The van der Waals surface area contributed by atoms with Gasteiger partial charge >= 0.3 is 0 Å². The molecule has 2 saturated heterocycles. The number of ether oxygens (including phenoxy) is 1. The number of hydrogen-bond acceptors (Lipinski definition) is 6. The molecule has 0 radical (unpaired) electrons. The van der Waals surface area contributed by atoms with Crippen molar-refractivity contribution in [3.63, 3.8) is 0 Å². The summed E-state index contributed by atoms with van der Waals surface area (Å²) >= 11 is 0. The minimum absolute atomic E-state index is 0.495. The monoisotopic (exact) mass is 359 g/mol. The number of nitrogens with zero attached hydrogens (tertiary/aromatic N) is 5. The summed E-state index contributed by atoms with van der Waals surface area (Å²) in [5.41, 5.74) is 1.22. The molecule has 6 heteroatoms. The normalized spacial score (nSPS) is 21.9. The highest BCUT2D eigenvalue weighted by atomic mass is 16.5. The van der Waals surface area contributed by atoms with E-state index in [9.17, 15) is 0 Å². The molecule has 1 aromatic carbocycles. The third-order valence-corrected chi connectivity index (χ3v) is 5.35. The van der Waals surface area contributed by atoms with E-state index in [0.717, 1.165) is 44.2 Å². The number of rotatable bonds is 4. The minimum atomic E-state index is 0.495. The smallest absolute Gasteiger partial charge is 0.128 e. The Balaban J connectivity index is 1.33. The number of fused-ring (bicyclic) bond motifs is 1. The molecule has 0 N–H and O–H groups in total. The van der Waals surface area contributed by atoms with Crippen LogP contribution in [0.3, 0.4) is 0 Å². The second-order valence-corrected chi connectivity index (χ2v) is 7.16. The summed E-state index contributed by atoms with van der Waals surface area (Å²) in [5.74, 6) is 2.21. The van der Waals surface area contributed by atoms with Crippen LogP contribution in [0.25, 0.3) is 0 Å². The van der Waals surface area contributed by atoms with Crippen LogP contribution in [0.4, 0.5) is 5.82 Å². The minimum Gasteiger partial charge on any atom is -0.493 e. The van der Waals surface area contributed by atoms with Crippen LogP contribution in [0.5, 0.6) is 5.75 Å². The molecule has 2 aliphatic rings. The van der Waals surface area contributed by atoms with E-state index in [4.69, 9.17) is 15.3 Å². The lowest BCUT2D eigenvalue weighted by atomic mass is 10.1. The highest BCUT2D eigenvalue weighted by Gasteiger charge is 2.36. The van der Waals surface area contributed by atoms with E-state index in [-0.39, 0.29) is 0 Å². The van der Waals surface area contributed by atoms with Crippen LogP contribution in [-0.4, -0.2) is 48.7 Å². The molecule has 1 aromatic heterocycles. The van der Waals surface area contributed by atoms with Gasteiger partial charge in [-0.3, -0.25) is 4.90 Å². The van der Waals surface area contributed by atoms with Crippen LogP contribution < -0.4 is 9.64 Å². The van der Waals surface area contributed by atoms with Gasteiger partial charge in [0.05, 0.1) is 23.8 Å². The van der Waals surface area contributed by atoms with E-state index in [2.05, 4.69) is 26.9 Å². The van der Waals surface area contributed by atoms with Crippen molar-refractivity contribution < 1.29 is 4.74 Å². The molecule has 0 saturated carbocycles. The molecule has 136 valence electrons. The number of aromatic nitrogens is 1. The summed E-state index contributed by atoms with van der Waals surface area (Å²) < 4.78 is 5.94. The standard InChI is InChI=1S/C21H21N5O/c22-10-16-2-1-3-20(9-16)27-15-18-8-19-14-26(7-6-25(19)13-18)21-5-4-17(11-23)12-24-21/h1-5,9,12,18-19H,6-8,13-15H2. The molecule has 27 heavy (non-hydrogen) atoms. The Bertz CT molecular complexity index is 883. The van der Waals surface area contributed by atoms with Crippen LogP contribution in [-0.2, 0) is 0 Å². The number of pyridine rings is 1. The van der Waals surface area contributed by atoms with Crippen LogP contribution in [0, 0.1) is 28.6 Å². The van der Waals surface area contributed by atoms with E-state index in [1.165, 1.54) is 0 Å². The average Bonchev–Trinajstić information content (AvgIpc) is 3.14. The summed E-state index contributed by atoms with van der Waals surface area (Å²) in [5, 5.41) is 17.9. The first-order valence-corrected chi connectivity index (χ1v) is 9.23. The van der Waals surface area contributed by atoms with Crippen LogP contribution >= 0.6 is 0 Å². The van der Waals surface area contributed by atoms with E-state index in [1.54, 1.807) is 18.3 Å². The number of anilines is 1. The fourth-order valence-electron chi connectivity index (χ4n) is 3.99. The predicted molar refractivity (Wildman–Crippen MR) is 101 cm³/mol. The van der Waals surface area contributed by atoms with Crippen molar-refractivity contribution >= 4 is 5.82 Å². The summed E-state index contributed by atoms with van der Waals surface area (Å²) in [4.78, 5) is 9.28. The van der Waals surface area contributed by atoms with Gasteiger partial charge in [-0.15, -0.1) is 0 Å². The lowest BCUT2D eigenvalue weighted by Gasteiger charge is -2.38. The number of benzene rings is 1. The SMILES string of the molecule is N#Cc1ccc(N2CCN3CC(COc4cccc(C#N)c4)CC3C2)nc1. The first-order valence-electron chi connectivity index (χ1n) is 9.23. The average molecular weight is 359 g/mol. The molecule has 2 aromatic rings. The lowest BCUT2D eigenvalue weighted by molar-refractivity contribution is 0.216. The van der Waals surface area contributed by atoms with E-state index in [1.807, 2.05) is 24.3 Å². The molecule has 2 aliphatic heterocycles. The zero-order chi connectivity index (χ0) is 18.6. The van der Waals surface area contributed by atoms with Crippen molar-refractivity contribution in [2.75, 3.05) is 37.7 Å². The lowest BCUT2D eigenvalue weighted by Crippen LogP contribution is -2.50. The highest BCUT2D eigenvalue weighted by Crippen LogP contribution is 2.29. The maximum Gasteiger partial charge on any atom is 0.128 e. The van der Waals surface area contributed by atoms with Gasteiger partial charge in [0.25, 0.3) is 0 Å². The first kappa shape index (κ1) is 17.3. The molecule has 0 amide bonds. The first-order chi connectivity index (χ1) is 13.2. The third-order valence-electron chi connectivity index (χ3n) is 5.35. The topological polar surface area (TPSA) is 76.2 Å². The fourth-order valence-corrected chi connectivity index (χ4v) is 3.99. The van der Waals surface area contributed by atoms with E-state index >= 15 is 0 Å². The Morgan fingerprint density at radius 3 is 2.74 bits per heavy atom. The van der Waals surface area contributed by atoms with Gasteiger partial charge in [0.1, 0.15) is 17.6 Å². The second kappa shape index (κ2) is 7.65. The Labute approximate surface area is 159 Å². The molecular formula is C21H21N5O. The van der Waals surface area contributed by atoms with Crippen molar-refractivity contribution in [2.24, 2.45) is 5.92 Å². The van der Waals surface area contributed by atoms with Gasteiger partial charge in [0.2, 0.25) is 0 Å². The van der Waals surface area contributed by atoms with Crippen molar-refractivity contribution in [3.05, 3.63) is 53.7 Å². The van der Waals surface area contributed by atoms with Crippen molar-refractivity contribution in [2.45, 2.75) is 12.5 Å². The summed E-state index contributed by atoms with van der Waals surface area (Å²) in [6.45, 7) is 4.66. The van der Waals surface area contributed by atoms with Crippen molar-refractivity contribution in [3.8, 4) is 17.9 Å². The molecule has 6 nitrogen and oxygen atoms in total. The molecule has 3 heterocycles. The molecule has 0 bridgehead atoms. The third kappa shape index (κ3) is 3.86. The molecule has 2 atom stereocenters. The van der Waals surface area contributed by atoms with Gasteiger partial charge in [-0.25, -0.2) is 4.98 Å². The van der Waals surface area contributed by atoms with Gasteiger partial charge in [-0.2, -0.15) is 10.5 Å². The molecule has 0 aliphatic carbocycles. The Hall–Kier alpha value is -3.09. The van der Waals surface area contributed by atoms with Crippen LogP contribution in [0.1, 0.15) is 17.5 Å². The van der Waals surface area contributed by atoms with E-state index < -0.39 is 0 Å². The molecule has 4 rings (SSSR count). The van der Waals surface area contributed by atoms with Crippen molar-refractivity contribution in [1.82, 2.24) is 9.88 Å². The van der Waals surface area contributed by atoms with Crippen LogP contribution in [0.15, 0.2) is 42.6 Å². The van der Waals surface area contributed by atoms with E-state index in [0.29, 0.717) is 29.7 Å². The second-order valence-electron chi connectivity index (χ2n) is 7.16. The van der Waals surface area contributed by atoms with Gasteiger partial charge in [0.15, 0.2) is 0 Å². The number of piperazine rings is 1. The Morgan fingerprint density at radius 1 is 1.07 bits per heavy atom. The maximum atomic E-state index is 8.99. The largest absolute Gasteiger partial charge is 0.493 e. The molecule has 2 unspecified atom stereocenters. The number of nitriles is 2. The highest BCUT2D eigenvalue weighted by molar-refractivity contribution is 5.42. The molecular weight excluding hydrogens is 338 g/mol. The zero-order valence-corrected chi connectivity index (χ0v) is 15.1. The molecule has 0 spiro atoms. The van der Waals surface area contributed by atoms with Crippen molar-refractivity contribution in [1.29, 1.82) is 10.5 Å². The molecule has 2 fully saturated rings. The zero-order valence-electron chi connectivity index (χ0n) is 15.1. The predicted octanol–water partition coefficient (Wildman–Crippen LogP) is 2.41. The summed E-state index contributed by atoms with van der Waals surface area (Å²) in [6, 6.07) is 15.9. The van der Waals surface area contributed by atoms with Gasteiger partial charge in [0, 0.05) is 44.3 Å². The van der Waals surface area contributed by atoms with Gasteiger partial charge < -0.3 is 9.64 Å². The summed E-state index contributed by atoms with van der Waals surface area (Å²) in [6.07, 6.45) is 2.74. The fraction of sp³-hybridized carbons (Fsp3) is 0.381. The summed E-state index contributed by atoms with van der Waals surface area (Å²) in [7, 11) is 0. The number of hydrogen-bond donors (Lipinski definition) is 0. The maximum absolute atomic E-state index is 8.99. The quantitative estimate of drug-likeness (QED) is 0.834. The van der Waals surface area contributed by atoms with Crippen LogP contribution in [0.2, 0.25) is 0 Å². The van der Waals surface area contributed by atoms with Gasteiger partial charge in [-0.05, 0) is 36.8 Å².